The van der Waals surface area contributed by atoms with Gasteiger partial charge in [-0.15, -0.1) is 0 Å². The molecule has 17 heavy (non-hydrogen) atoms. The van der Waals surface area contributed by atoms with Crippen molar-refractivity contribution >= 4 is 0 Å². The average Bonchev–Trinajstić information content (AvgIpc) is 2.16. The standard InChI is InChI=1S/2C5H11.2C3H7.Ti/c2*1-4-5(2)3;2*1-3-2;/h2*4H2,1-3H3;2*3H,1-2H3;. The van der Waals surface area contributed by atoms with Gasteiger partial charge in [0.05, 0.1) is 0 Å². The summed E-state index contributed by atoms with van der Waals surface area (Å²) in [5.74, 6) is 0. The summed E-state index contributed by atoms with van der Waals surface area (Å²) in [6.45, 7) is 25.1. The molecule has 0 unspecified atom stereocenters. The van der Waals surface area contributed by atoms with E-state index in [1.165, 1.54) is 12.8 Å². The molecular formula is C16H36Ti. The van der Waals surface area contributed by atoms with Gasteiger partial charge in [-0.1, -0.05) is 0 Å². The van der Waals surface area contributed by atoms with Gasteiger partial charge in [0.1, 0.15) is 0 Å². The van der Waals surface area contributed by atoms with Crippen LogP contribution >= 0.6 is 0 Å². The summed E-state index contributed by atoms with van der Waals surface area (Å²) >= 11 is -2.03. The first-order valence-corrected chi connectivity index (χ1v) is 10.9. The van der Waals surface area contributed by atoms with Crippen LogP contribution in [0.1, 0.15) is 82.1 Å². The Morgan fingerprint density at radius 2 is 0.941 bits per heavy atom. The Morgan fingerprint density at radius 1 is 0.706 bits per heavy atom. The minimum atomic E-state index is -2.03. The van der Waals surface area contributed by atoms with Gasteiger partial charge in [-0.3, -0.25) is 0 Å². The van der Waals surface area contributed by atoms with Gasteiger partial charge >= 0.3 is 115 Å². The molecule has 1 heteroatoms. The van der Waals surface area contributed by atoms with Gasteiger partial charge in [-0.2, -0.15) is 0 Å². The van der Waals surface area contributed by atoms with Crippen molar-refractivity contribution in [3.05, 3.63) is 0 Å². The molecule has 0 aromatic rings. The van der Waals surface area contributed by atoms with Crippen LogP contribution in [-0.2, 0) is 16.6 Å². The zero-order valence-corrected chi connectivity index (χ0v) is 15.6. The fourth-order valence-corrected chi connectivity index (χ4v) is 21.8. The predicted octanol–water partition coefficient (Wildman–Crippen LogP) is 7.01. The third kappa shape index (κ3) is 2.68. The predicted molar refractivity (Wildman–Crippen MR) is 78.9 cm³/mol. The first-order valence-electron chi connectivity index (χ1n) is 7.51. The molecule has 0 fully saturated rings. The first kappa shape index (κ1) is 17.7. The summed E-state index contributed by atoms with van der Waals surface area (Å²) < 4.78 is 2.95. The zero-order chi connectivity index (χ0) is 14.1. The minimum absolute atomic E-state index is 0.571. The molecule has 0 amide bonds. The van der Waals surface area contributed by atoms with E-state index in [-0.39, 0.29) is 0 Å². The molecule has 0 atom stereocenters. The molecule has 0 saturated heterocycles. The molecule has 0 aliphatic rings. The third-order valence-corrected chi connectivity index (χ3v) is 19.6. The molecule has 0 rings (SSSR count). The van der Waals surface area contributed by atoms with E-state index in [0.29, 0.717) is 7.44 Å². The Balaban J connectivity index is 5.97. The van der Waals surface area contributed by atoms with Crippen molar-refractivity contribution < 1.29 is 16.6 Å². The second kappa shape index (κ2) is 5.78. The van der Waals surface area contributed by atoms with E-state index >= 15 is 0 Å². The summed E-state index contributed by atoms with van der Waals surface area (Å²) in [5, 5.41) is 0. The van der Waals surface area contributed by atoms with Gasteiger partial charge in [-0.25, -0.2) is 0 Å². The summed E-state index contributed by atoms with van der Waals surface area (Å²) in [6.07, 6.45) is 2.68. The monoisotopic (exact) mass is 276 g/mol. The summed E-state index contributed by atoms with van der Waals surface area (Å²) in [6, 6.07) is 0. The number of hydrogen-bond acceptors (Lipinski definition) is 0. The number of hydrogen-bond donors (Lipinski definition) is 0. The fraction of sp³-hybridized carbons (Fsp3) is 1.00. The van der Waals surface area contributed by atoms with E-state index in [9.17, 15) is 0 Å². The van der Waals surface area contributed by atoms with Crippen LogP contribution in [0.3, 0.4) is 0 Å². The average molecular weight is 276 g/mol. The van der Waals surface area contributed by atoms with Crippen molar-refractivity contribution in [3.8, 4) is 0 Å². The fourth-order valence-electron chi connectivity index (χ4n) is 5.29. The Bertz CT molecular complexity index is 210. The topological polar surface area (TPSA) is 0 Å². The van der Waals surface area contributed by atoms with Crippen LogP contribution in [0.2, 0.25) is 15.9 Å². The van der Waals surface area contributed by atoms with Crippen molar-refractivity contribution in [1.29, 1.82) is 0 Å². The van der Waals surface area contributed by atoms with E-state index in [2.05, 4.69) is 69.2 Å². The van der Waals surface area contributed by atoms with Gasteiger partial charge in [0.2, 0.25) is 0 Å². The number of rotatable bonds is 6. The zero-order valence-electron chi connectivity index (χ0n) is 14.1. The SMILES string of the molecule is CC[C](C)(C)[Ti]([CH](C)C)([CH](C)C)[C](C)(C)CC. The Labute approximate surface area is 114 Å². The van der Waals surface area contributed by atoms with Crippen molar-refractivity contribution in [2.75, 3.05) is 0 Å². The molecule has 0 radical (unpaired) electrons. The molecule has 0 aliphatic carbocycles. The van der Waals surface area contributed by atoms with E-state index < -0.39 is 16.6 Å². The van der Waals surface area contributed by atoms with E-state index in [1.54, 1.807) is 0 Å². The molecular weight excluding hydrogens is 240 g/mol. The van der Waals surface area contributed by atoms with Gasteiger partial charge in [-0.05, 0) is 0 Å². The molecule has 0 aromatic carbocycles. The van der Waals surface area contributed by atoms with Crippen LogP contribution in [0.15, 0.2) is 0 Å². The summed E-state index contributed by atoms with van der Waals surface area (Å²) in [5.41, 5.74) is 0. The molecule has 0 N–H and O–H groups in total. The van der Waals surface area contributed by atoms with Gasteiger partial charge in [0.25, 0.3) is 0 Å². The Hall–Kier alpha value is 0.714. The normalized spacial score (nSPS) is 14.8. The first-order chi connectivity index (χ1) is 7.51. The van der Waals surface area contributed by atoms with Crippen molar-refractivity contribution in [3.63, 3.8) is 0 Å². The maximum absolute atomic E-state index is 2.56. The summed E-state index contributed by atoms with van der Waals surface area (Å²) in [4.78, 5) is 0. The van der Waals surface area contributed by atoms with Crippen LogP contribution in [0, 0.1) is 0 Å². The van der Waals surface area contributed by atoms with Crippen molar-refractivity contribution in [2.45, 2.75) is 98.0 Å². The molecule has 104 valence electrons. The van der Waals surface area contributed by atoms with E-state index in [1.807, 2.05) is 0 Å². The molecule has 0 heterocycles. The van der Waals surface area contributed by atoms with Crippen molar-refractivity contribution in [2.24, 2.45) is 0 Å². The third-order valence-electron chi connectivity index (χ3n) is 5.83. The van der Waals surface area contributed by atoms with Crippen molar-refractivity contribution in [1.82, 2.24) is 0 Å². The molecule has 0 saturated carbocycles. The second-order valence-corrected chi connectivity index (χ2v) is 18.2. The van der Waals surface area contributed by atoms with Gasteiger partial charge in [0.15, 0.2) is 0 Å². The van der Waals surface area contributed by atoms with Crippen LogP contribution in [0.5, 0.6) is 0 Å². The van der Waals surface area contributed by atoms with E-state index in [4.69, 9.17) is 0 Å². The maximum atomic E-state index is 2.56. The molecule has 0 nitrogen and oxygen atoms in total. The van der Waals surface area contributed by atoms with Gasteiger partial charge in [0, 0.05) is 0 Å². The molecule has 0 aliphatic heterocycles. The Kier molecular flexibility index (Phi) is 6.03. The molecule has 0 bridgehead atoms. The Morgan fingerprint density at radius 3 is 1.06 bits per heavy atom. The van der Waals surface area contributed by atoms with Gasteiger partial charge < -0.3 is 0 Å². The van der Waals surface area contributed by atoms with Crippen LogP contribution in [0.25, 0.3) is 0 Å². The molecule has 0 spiro atoms. The second-order valence-electron chi connectivity index (χ2n) is 7.65. The van der Waals surface area contributed by atoms with Crippen LogP contribution in [-0.4, -0.2) is 0 Å². The van der Waals surface area contributed by atoms with Crippen LogP contribution in [0.4, 0.5) is 0 Å². The summed E-state index contributed by atoms with van der Waals surface area (Å²) in [7, 11) is 0. The van der Waals surface area contributed by atoms with E-state index in [0.717, 1.165) is 8.45 Å². The quantitative estimate of drug-likeness (QED) is 0.457. The molecule has 0 aromatic heterocycles. The van der Waals surface area contributed by atoms with Crippen LogP contribution < -0.4 is 0 Å².